The van der Waals surface area contributed by atoms with Crippen molar-refractivity contribution in [1.82, 2.24) is 0 Å². The van der Waals surface area contributed by atoms with Crippen LogP contribution in [0.15, 0.2) is 29.3 Å². The summed E-state index contributed by atoms with van der Waals surface area (Å²) in [4.78, 5) is 0. The second kappa shape index (κ2) is 6.10. The summed E-state index contributed by atoms with van der Waals surface area (Å²) in [6.45, 7) is 3.53. The second-order valence-corrected chi connectivity index (χ2v) is 3.81. The van der Waals surface area contributed by atoms with Gasteiger partial charge in [0, 0.05) is 11.6 Å². The Morgan fingerprint density at radius 3 is 2.73 bits per heavy atom. The number of hydrogen-bond acceptors (Lipinski definition) is 2. The average molecular weight is 297 g/mol. The molecule has 0 saturated carbocycles. The maximum atomic E-state index is 13.0. The first kappa shape index (κ1) is 14.4. The zero-order valence-electron chi connectivity index (χ0n) is 7.91. The van der Waals surface area contributed by atoms with E-state index in [0.29, 0.717) is 16.5 Å². The lowest BCUT2D eigenvalue weighted by Gasteiger charge is -2.12. The molecule has 15 heavy (non-hydrogen) atoms. The Hall–Kier alpha value is -0.580. The van der Waals surface area contributed by atoms with Gasteiger partial charge in [-0.1, -0.05) is 6.08 Å². The fourth-order valence-corrected chi connectivity index (χ4v) is 1.62. The SMILES string of the molecule is C=CC[C@H](N)c1cc(F)cc(Br)c1O.Cl. The number of aromatic hydroxyl groups is 1. The van der Waals surface area contributed by atoms with Crippen molar-refractivity contribution in [3.05, 3.63) is 40.6 Å². The van der Waals surface area contributed by atoms with E-state index in [2.05, 4.69) is 22.5 Å². The molecule has 0 fully saturated rings. The third-order valence-corrected chi connectivity index (χ3v) is 2.48. The summed E-state index contributed by atoms with van der Waals surface area (Å²) in [5.41, 5.74) is 6.11. The van der Waals surface area contributed by atoms with E-state index in [1.165, 1.54) is 12.1 Å². The smallest absolute Gasteiger partial charge is 0.134 e. The van der Waals surface area contributed by atoms with Crippen molar-refractivity contribution in [2.75, 3.05) is 0 Å². The third-order valence-electron chi connectivity index (χ3n) is 1.88. The van der Waals surface area contributed by atoms with Crippen LogP contribution in [0.25, 0.3) is 0 Å². The van der Waals surface area contributed by atoms with Crippen LogP contribution >= 0.6 is 28.3 Å². The molecule has 0 aliphatic rings. The van der Waals surface area contributed by atoms with E-state index in [0.717, 1.165) is 0 Å². The van der Waals surface area contributed by atoms with Gasteiger partial charge in [-0.2, -0.15) is 0 Å². The quantitative estimate of drug-likeness (QED) is 0.841. The minimum Gasteiger partial charge on any atom is -0.506 e. The zero-order valence-corrected chi connectivity index (χ0v) is 10.3. The molecule has 2 nitrogen and oxygen atoms in total. The lowest BCUT2D eigenvalue weighted by molar-refractivity contribution is 0.455. The van der Waals surface area contributed by atoms with Crippen molar-refractivity contribution in [2.24, 2.45) is 5.73 Å². The Labute approximate surface area is 103 Å². The molecule has 0 spiro atoms. The van der Waals surface area contributed by atoms with E-state index in [9.17, 15) is 9.50 Å². The topological polar surface area (TPSA) is 46.2 Å². The van der Waals surface area contributed by atoms with Crippen LogP contribution in [0.2, 0.25) is 0 Å². The second-order valence-electron chi connectivity index (χ2n) is 2.96. The number of halogens is 3. The van der Waals surface area contributed by atoms with Gasteiger partial charge >= 0.3 is 0 Å². The first-order valence-corrected chi connectivity index (χ1v) is 4.90. The molecule has 84 valence electrons. The monoisotopic (exact) mass is 295 g/mol. The van der Waals surface area contributed by atoms with Crippen molar-refractivity contribution in [3.63, 3.8) is 0 Å². The van der Waals surface area contributed by atoms with Gasteiger partial charge in [-0.05, 0) is 34.5 Å². The Morgan fingerprint density at radius 2 is 2.20 bits per heavy atom. The van der Waals surface area contributed by atoms with Crippen LogP contribution in [0.5, 0.6) is 5.75 Å². The van der Waals surface area contributed by atoms with Crippen LogP contribution in [0.3, 0.4) is 0 Å². The minimum atomic E-state index is -0.431. The third kappa shape index (κ3) is 3.48. The molecule has 1 rings (SSSR count). The van der Waals surface area contributed by atoms with Crippen LogP contribution in [-0.4, -0.2) is 5.11 Å². The molecular formula is C10H12BrClFNO. The molecular weight excluding hydrogens is 284 g/mol. The van der Waals surface area contributed by atoms with E-state index in [-0.39, 0.29) is 18.2 Å². The molecule has 3 N–H and O–H groups in total. The number of phenolic OH excluding ortho intramolecular Hbond substituents is 1. The predicted molar refractivity (Wildman–Crippen MR) is 64.8 cm³/mol. The summed E-state index contributed by atoms with van der Waals surface area (Å²) >= 11 is 3.04. The van der Waals surface area contributed by atoms with Gasteiger partial charge in [0.1, 0.15) is 11.6 Å². The van der Waals surface area contributed by atoms with Crippen molar-refractivity contribution in [2.45, 2.75) is 12.5 Å². The zero-order chi connectivity index (χ0) is 10.7. The Kier molecular flexibility index (Phi) is 5.87. The fourth-order valence-electron chi connectivity index (χ4n) is 1.18. The van der Waals surface area contributed by atoms with Crippen molar-refractivity contribution in [3.8, 4) is 5.75 Å². The summed E-state index contributed by atoms with van der Waals surface area (Å²) in [5.74, 6) is -0.440. The van der Waals surface area contributed by atoms with E-state index in [1.54, 1.807) is 6.08 Å². The maximum absolute atomic E-state index is 13.0. The minimum absolute atomic E-state index is 0. The van der Waals surface area contributed by atoms with Crippen LogP contribution in [0.1, 0.15) is 18.0 Å². The van der Waals surface area contributed by atoms with Gasteiger partial charge < -0.3 is 10.8 Å². The summed E-state index contributed by atoms with van der Waals surface area (Å²) in [7, 11) is 0. The van der Waals surface area contributed by atoms with E-state index in [4.69, 9.17) is 5.73 Å². The van der Waals surface area contributed by atoms with Crippen molar-refractivity contribution >= 4 is 28.3 Å². The largest absolute Gasteiger partial charge is 0.506 e. The Balaban J connectivity index is 0.00000196. The number of hydrogen-bond donors (Lipinski definition) is 2. The molecule has 0 amide bonds. The lowest BCUT2D eigenvalue weighted by Crippen LogP contribution is -2.09. The molecule has 0 bridgehead atoms. The molecule has 1 atom stereocenters. The number of phenols is 1. The first-order chi connectivity index (χ1) is 6.56. The molecule has 0 heterocycles. The van der Waals surface area contributed by atoms with Crippen LogP contribution < -0.4 is 5.73 Å². The standard InChI is InChI=1S/C10H11BrFNO.ClH/c1-2-3-9(13)7-4-6(12)5-8(11)10(7)14;/h2,4-5,9,14H,1,3,13H2;1H/t9-;/m0./s1. The molecule has 1 aromatic carbocycles. The highest BCUT2D eigenvalue weighted by atomic mass is 79.9. The number of nitrogens with two attached hydrogens (primary N) is 1. The molecule has 0 unspecified atom stereocenters. The number of benzene rings is 1. The Bertz CT molecular complexity index is 360. The highest BCUT2D eigenvalue weighted by Crippen LogP contribution is 2.33. The van der Waals surface area contributed by atoms with Gasteiger partial charge in [-0.15, -0.1) is 19.0 Å². The molecule has 1 aromatic rings. The van der Waals surface area contributed by atoms with Crippen molar-refractivity contribution < 1.29 is 9.50 Å². The first-order valence-electron chi connectivity index (χ1n) is 4.10. The van der Waals surface area contributed by atoms with Crippen LogP contribution in [-0.2, 0) is 0 Å². The average Bonchev–Trinajstić information content (AvgIpc) is 2.11. The summed E-state index contributed by atoms with van der Waals surface area (Å²) in [5, 5.41) is 9.59. The highest BCUT2D eigenvalue weighted by Gasteiger charge is 2.13. The van der Waals surface area contributed by atoms with Crippen LogP contribution in [0.4, 0.5) is 4.39 Å². The molecule has 0 saturated heterocycles. The molecule has 0 aliphatic heterocycles. The van der Waals surface area contributed by atoms with Gasteiger partial charge in [-0.25, -0.2) is 4.39 Å². The molecule has 5 heteroatoms. The van der Waals surface area contributed by atoms with Gasteiger partial charge in [0.25, 0.3) is 0 Å². The maximum Gasteiger partial charge on any atom is 0.134 e. The fraction of sp³-hybridized carbons (Fsp3) is 0.200. The normalized spacial score (nSPS) is 11.7. The lowest BCUT2D eigenvalue weighted by atomic mass is 10.0. The van der Waals surface area contributed by atoms with E-state index < -0.39 is 11.9 Å². The molecule has 0 aliphatic carbocycles. The van der Waals surface area contributed by atoms with Gasteiger partial charge in [0.2, 0.25) is 0 Å². The van der Waals surface area contributed by atoms with Gasteiger partial charge in [0.05, 0.1) is 4.47 Å². The highest BCUT2D eigenvalue weighted by molar-refractivity contribution is 9.10. The predicted octanol–water partition coefficient (Wildman–Crippen LogP) is 3.29. The van der Waals surface area contributed by atoms with Gasteiger partial charge in [-0.3, -0.25) is 0 Å². The summed E-state index contributed by atoms with van der Waals surface area (Å²) in [6, 6.07) is 1.99. The summed E-state index contributed by atoms with van der Waals surface area (Å²) in [6.07, 6.45) is 2.12. The Morgan fingerprint density at radius 1 is 1.60 bits per heavy atom. The molecule has 0 aromatic heterocycles. The number of rotatable bonds is 3. The summed E-state index contributed by atoms with van der Waals surface area (Å²) < 4.78 is 13.3. The van der Waals surface area contributed by atoms with E-state index in [1.807, 2.05) is 0 Å². The van der Waals surface area contributed by atoms with Crippen molar-refractivity contribution in [1.29, 1.82) is 0 Å². The van der Waals surface area contributed by atoms with Gasteiger partial charge in [0.15, 0.2) is 0 Å². The van der Waals surface area contributed by atoms with E-state index >= 15 is 0 Å². The molecule has 0 radical (unpaired) electrons. The van der Waals surface area contributed by atoms with Crippen LogP contribution in [0, 0.1) is 5.82 Å².